The zero-order valence-corrected chi connectivity index (χ0v) is 13.0. The molecule has 0 bridgehead atoms. The van der Waals surface area contributed by atoms with Gasteiger partial charge in [0.15, 0.2) is 0 Å². The Kier molecular flexibility index (Phi) is 6.49. The molecular formula is C15H20N2O5. The average Bonchev–Trinajstić information content (AvgIpc) is 2.39. The third kappa shape index (κ3) is 5.16. The Hall–Kier alpha value is -2.44. The normalized spacial score (nSPS) is 10.1. The van der Waals surface area contributed by atoms with Crippen molar-refractivity contribution in [3.8, 4) is 5.75 Å². The number of nitro benzene ring substituents is 1. The van der Waals surface area contributed by atoms with E-state index >= 15 is 0 Å². The zero-order chi connectivity index (χ0) is 16.7. The largest absolute Gasteiger partial charge is 0.426 e. The molecule has 0 aliphatic carbocycles. The zero-order valence-electron chi connectivity index (χ0n) is 13.0. The lowest BCUT2D eigenvalue weighted by atomic mass is 10.0. The number of nitro groups is 1. The summed E-state index contributed by atoms with van der Waals surface area (Å²) in [5, 5.41) is 13.6. The molecule has 1 amide bonds. The molecule has 0 saturated carbocycles. The topological polar surface area (TPSA) is 98.5 Å². The van der Waals surface area contributed by atoms with Gasteiger partial charge in [-0.1, -0.05) is 19.8 Å². The van der Waals surface area contributed by atoms with Crippen LogP contribution in [0.3, 0.4) is 0 Å². The van der Waals surface area contributed by atoms with Crippen molar-refractivity contribution in [1.82, 2.24) is 0 Å². The molecule has 0 atom stereocenters. The fourth-order valence-electron chi connectivity index (χ4n) is 2.06. The summed E-state index contributed by atoms with van der Waals surface area (Å²) in [6.45, 7) is 4.56. The second-order valence-corrected chi connectivity index (χ2v) is 4.97. The van der Waals surface area contributed by atoms with Crippen molar-refractivity contribution in [2.24, 2.45) is 0 Å². The molecule has 0 spiro atoms. The summed E-state index contributed by atoms with van der Waals surface area (Å²) in [6.07, 6.45) is 3.38. The molecule has 22 heavy (non-hydrogen) atoms. The number of aryl methyl sites for hydroxylation is 1. The van der Waals surface area contributed by atoms with Crippen molar-refractivity contribution in [3.63, 3.8) is 0 Å². The molecule has 0 heterocycles. The summed E-state index contributed by atoms with van der Waals surface area (Å²) in [5.74, 6) is -0.701. The van der Waals surface area contributed by atoms with Gasteiger partial charge in [0.2, 0.25) is 5.91 Å². The van der Waals surface area contributed by atoms with E-state index in [-0.39, 0.29) is 17.1 Å². The molecule has 0 saturated heterocycles. The van der Waals surface area contributed by atoms with Crippen LogP contribution in [-0.4, -0.2) is 16.8 Å². The van der Waals surface area contributed by atoms with Crippen LogP contribution in [-0.2, 0) is 16.0 Å². The molecule has 0 aliphatic rings. The van der Waals surface area contributed by atoms with Crippen LogP contribution in [0, 0.1) is 10.1 Å². The lowest BCUT2D eigenvalue weighted by molar-refractivity contribution is -0.384. The average molecular weight is 308 g/mol. The monoisotopic (exact) mass is 308 g/mol. The Morgan fingerprint density at radius 1 is 1.27 bits per heavy atom. The van der Waals surface area contributed by atoms with Gasteiger partial charge in [-0.25, -0.2) is 0 Å². The Morgan fingerprint density at radius 3 is 2.45 bits per heavy atom. The minimum Gasteiger partial charge on any atom is -0.426 e. The molecule has 0 fully saturated rings. The highest BCUT2D eigenvalue weighted by Gasteiger charge is 2.20. The van der Waals surface area contributed by atoms with Crippen LogP contribution in [0.2, 0.25) is 0 Å². The molecule has 7 heteroatoms. The van der Waals surface area contributed by atoms with Gasteiger partial charge < -0.3 is 10.1 Å². The standard InChI is InChI=1S/C15H20N2O5/c1-4-5-6-7-12-8-14(17(20)21)13(16-10(2)18)9-15(12)22-11(3)19/h8-9H,4-7H2,1-3H3,(H,16,18). The molecule has 0 unspecified atom stereocenters. The summed E-state index contributed by atoms with van der Waals surface area (Å²) < 4.78 is 5.12. The number of nitrogens with one attached hydrogen (secondary N) is 1. The van der Waals surface area contributed by atoms with Crippen LogP contribution in [0.4, 0.5) is 11.4 Å². The Morgan fingerprint density at radius 2 is 1.95 bits per heavy atom. The van der Waals surface area contributed by atoms with Crippen LogP contribution < -0.4 is 10.1 Å². The number of ether oxygens (including phenoxy) is 1. The van der Waals surface area contributed by atoms with Crippen molar-refractivity contribution in [3.05, 3.63) is 27.8 Å². The van der Waals surface area contributed by atoms with E-state index in [1.165, 1.54) is 26.0 Å². The van der Waals surface area contributed by atoms with Gasteiger partial charge in [0.1, 0.15) is 11.4 Å². The van der Waals surface area contributed by atoms with Gasteiger partial charge in [0.25, 0.3) is 5.69 Å². The Balaban J connectivity index is 3.26. The summed E-state index contributed by atoms with van der Waals surface area (Å²) in [6, 6.07) is 2.70. The first-order chi connectivity index (χ1) is 10.3. The Bertz CT molecular complexity index is 584. The second kappa shape index (κ2) is 8.11. The van der Waals surface area contributed by atoms with Gasteiger partial charge in [0, 0.05) is 31.5 Å². The molecule has 1 aromatic carbocycles. The van der Waals surface area contributed by atoms with Crippen LogP contribution in [0.25, 0.3) is 0 Å². The predicted octanol–water partition coefficient (Wildman–Crippen LogP) is 3.21. The minimum atomic E-state index is -0.563. The van der Waals surface area contributed by atoms with E-state index in [4.69, 9.17) is 4.74 Å². The number of carbonyl (C=O) groups is 2. The number of nitrogens with zero attached hydrogens (tertiary/aromatic N) is 1. The van der Waals surface area contributed by atoms with Gasteiger partial charge in [0.05, 0.1) is 4.92 Å². The van der Waals surface area contributed by atoms with Gasteiger partial charge in [-0.05, 0) is 12.8 Å². The van der Waals surface area contributed by atoms with Crippen molar-refractivity contribution in [2.45, 2.75) is 46.5 Å². The van der Waals surface area contributed by atoms with E-state index in [0.717, 1.165) is 19.3 Å². The highest BCUT2D eigenvalue weighted by Crippen LogP contribution is 2.34. The Labute approximate surface area is 128 Å². The van der Waals surface area contributed by atoms with Crippen LogP contribution >= 0.6 is 0 Å². The number of hydrogen-bond donors (Lipinski definition) is 1. The first-order valence-electron chi connectivity index (χ1n) is 7.12. The number of benzene rings is 1. The van der Waals surface area contributed by atoms with Crippen molar-refractivity contribution < 1.29 is 19.2 Å². The number of anilines is 1. The quantitative estimate of drug-likeness (QED) is 0.274. The van der Waals surface area contributed by atoms with Crippen LogP contribution in [0.15, 0.2) is 12.1 Å². The molecule has 1 aromatic rings. The van der Waals surface area contributed by atoms with Crippen molar-refractivity contribution in [1.29, 1.82) is 0 Å². The molecular weight excluding hydrogens is 288 g/mol. The highest BCUT2D eigenvalue weighted by atomic mass is 16.6. The maximum absolute atomic E-state index is 11.2. The summed E-state index contributed by atoms with van der Waals surface area (Å²) >= 11 is 0. The number of hydrogen-bond acceptors (Lipinski definition) is 5. The second-order valence-electron chi connectivity index (χ2n) is 4.97. The van der Waals surface area contributed by atoms with E-state index in [1.54, 1.807) is 0 Å². The lowest BCUT2D eigenvalue weighted by Crippen LogP contribution is -2.10. The van der Waals surface area contributed by atoms with Crippen molar-refractivity contribution >= 4 is 23.3 Å². The van der Waals surface area contributed by atoms with E-state index < -0.39 is 16.8 Å². The molecule has 7 nitrogen and oxygen atoms in total. The van der Waals surface area contributed by atoms with E-state index in [1.807, 2.05) is 0 Å². The number of unbranched alkanes of at least 4 members (excludes halogenated alkanes) is 2. The number of esters is 1. The summed E-state index contributed by atoms with van der Waals surface area (Å²) in [5.41, 5.74) is 0.398. The molecule has 0 aliphatic heterocycles. The third-order valence-electron chi connectivity index (χ3n) is 2.99. The highest BCUT2D eigenvalue weighted by molar-refractivity contribution is 5.92. The van der Waals surface area contributed by atoms with Crippen molar-refractivity contribution in [2.75, 3.05) is 5.32 Å². The first-order valence-corrected chi connectivity index (χ1v) is 7.12. The minimum absolute atomic E-state index is 0.0213. The molecule has 1 N–H and O–H groups in total. The van der Waals surface area contributed by atoms with Gasteiger partial charge in [-0.15, -0.1) is 0 Å². The fraction of sp³-hybridized carbons (Fsp3) is 0.467. The molecule has 120 valence electrons. The third-order valence-corrected chi connectivity index (χ3v) is 2.99. The number of carbonyl (C=O) groups excluding carboxylic acids is 2. The van der Waals surface area contributed by atoms with E-state index in [0.29, 0.717) is 12.0 Å². The maximum atomic E-state index is 11.2. The first kappa shape index (κ1) is 17.6. The SMILES string of the molecule is CCCCCc1cc([N+](=O)[O-])c(NC(C)=O)cc1OC(C)=O. The maximum Gasteiger partial charge on any atom is 0.308 e. The van der Waals surface area contributed by atoms with E-state index in [2.05, 4.69) is 12.2 Å². The molecule has 0 aromatic heterocycles. The fourth-order valence-corrected chi connectivity index (χ4v) is 2.06. The van der Waals surface area contributed by atoms with Gasteiger partial charge >= 0.3 is 5.97 Å². The summed E-state index contributed by atoms with van der Waals surface area (Å²) in [4.78, 5) is 33.0. The lowest BCUT2D eigenvalue weighted by Gasteiger charge is -2.12. The smallest absolute Gasteiger partial charge is 0.308 e. The number of amides is 1. The van der Waals surface area contributed by atoms with Crippen LogP contribution in [0.1, 0.15) is 45.6 Å². The summed E-state index contributed by atoms with van der Waals surface area (Å²) in [7, 11) is 0. The van der Waals surface area contributed by atoms with Gasteiger partial charge in [-0.3, -0.25) is 19.7 Å². The number of rotatable bonds is 7. The molecule has 0 radical (unpaired) electrons. The predicted molar refractivity (Wildman–Crippen MR) is 81.9 cm³/mol. The molecule has 1 rings (SSSR count). The van der Waals surface area contributed by atoms with E-state index in [9.17, 15) is 19.7 Å². The van der Waals surface area contributed by atoms with Gasteiger partial charge in [-0.2, -0.15) is 0 Å². The van der Waals surface area contributed by atoms with Crippen LogP contribution in [0.5, 0.6) is 5.75 Å².